The van der Waals surface area contributed by atoms with Crippen molar-refractivity contribution >= 4 is 23.4 Å². The van der Waals surface area contributed by atoms with Crippen LogP contribution in [0, 0.1) is 11.7 Å². The van der Waals surface area contributed by atoms with E-state index in [9.17, 15) is 14.0 Å². The van der Waals surface area contributed by atoms with Crippen LogP contribution in [0.2, 0.25) is 5.02 Å². The van der Waals surface area contributed by atoms with E-state index in [2.05, 4.69) is 17.0 Å². The molecule has 2 fully saturated rings. The Bertz CT molecular complexity index is 1360. The molecule has 5 nitrogen and oxygen atoms in total. The van der Waals surface area contributed by atoms with Crippen molar-refractivity contribution in [3.05, 3.63) is 106 Å². The first-order valence-electron chi connectivity index (χ1n) is 13.9. The third-order valence-electron chi connectivity index (χ3n) is 9.15. The molecule has 1 saturated heterocycles. The maximum atomic E-state index is 14.1. The summed E-state index contributed by atoms with van der Waals surface area (Å²) >= 11 is 6.39. The molecule has 1 aliphatic carbocycles. The summed E-state index contributed by atoms with van der Waals surface area (Å²) in [5, 5.41) is 0.635. The Morgan fingerprint density at radius 3 is 2.17 bits per heavy atom. The predicted octanol–water partition coefficient (Wildman–Crippen LogP) is 5.87. The highest BCUT2D eigenvalue weighted by molar-refractivity contribution is 6.31. The van der Waals surface area contributed by atoms with Gasteiger partial charge in [0.2, 0.25) is 11.8 Å². The van der Waals surface area contributed by atoms with Crippen LogP contribution in [0.25, 0.3) is 0 Å². The molecule has 1 heterocycles. The van der Waals surface area contributed by atoms with Gasteiger partial charge in [0, 0.05) is 52.2 Å². The van der Waals surface area contributed by atoms with E-state index in [4.69, 9.17) is 11.6 Å². The van der Waals surface area contributed by atoms with E-state index in [0.717, 1.165) is 55.6 Å². The quantitative estimate of drug-likeness (QED) is 0.346. The zero-order chi connectivity index (χ0) is 28.5. The first kappa shape index (κ1) is 28.3. The average Bonchev–Trinajstić information content (AvgIpc) is 3.69. The van der Waals surface area contributed by atoms with E-state index >= 15 is 0 Å². The van der Waals surface area contributed by atoms with Crippen LogP contribution in [0.5, 0.6) is 0 Å². The number of halogens is 2. The molecule has 0 spiro atoms. The number of rotatable bonds is 8. The number of hydrogen-bond donors (Lipinski definition) is 0. The number of likely N-dealkylation sites (tertiary alicyclic amines) is 1. The maximum Gasteiger partial charge on any atom is 0.233 e. The second-order valence-corrected chi connectivity index (χ2v) is 11.8. The summed E-state index contributed by atoms with van der Waals surface area (Å²) in [6.45, 7) is 4.47. The molecule has 3 aromatic rings. The SMILES string of the molecule is CC(=O)N(C)C1(c2ccccc2)CCN(C[C@@H]2C[C@@]2(C(=O)N(C)Cc2ccccc2Cl)c2ccc(F)cc2)CC1. The van der Waals surface area contributed by atoms with Crippen LogP contribution in [-0.2, 0) is 27.1 Å². The van der Waals surface area contributed by atoms with Gasteiger partial charge in [-0.1, -0.05) is 72.3 Å². The van der Waals surface area contributed by atoms with E-state index in [0.29, 0.717) is 11.6 Å². The van der Waals surface area contributed by atoms with E-state index < -0.39 is 5.41 Å². The van der Waals surface area contributed by atoms with Gasteiger partial charge < -0.3 is 14.7 Å². The van der Waals surface area contributed by atoms with Crippen molar-refractivity contribution in [3.63, 3.8) is 0 Å². The number of benzene rings is 3. The summed E-state index contributed by atoms with van der Waals surface area (Å²) in [6, 6.07) is 24.3. The largest absolute Gasteiger partial charge is 0.341 e. The highest BCUT2D eigenvalue weighted by Gasteiger charge is 2.62. The molecular formula is C33H37ClFN3O2. The number of nitrogens with zero attached hydrogens (tertiary/aromatic N) is 3. The molecule has 3 aromatic carbocycles. The Morgan fingerprint density at radius 1 is 0.925 bits per heavy atom. The average molecular weight is 562 g/mol. The van der Waals surface area contributed by atoms with Gasteiger partial charge in [0.1, 0.15) is 5.82 Å². The molecule has 40 heavy (non-hydrogen) atoms. The first-order chi connectivity index (χ1) is 19.2. The fraction of sp³-hybridized carbons (Fsp3) is 0.394. The lowest BCUT2D eigenvalue weighted by molar-refractivity contribution is -0.136. The van der Waals surface area contributed by atoms with Gasteiger partial charge in [0.25, 0.3) is 0 Å². The minimum absolute atomic E-state index is 0.0379. The van der Waals surface area contributed by atoms with Crippen LogP contribution in [-0.4, -0.2) is 60.2 Å². The minimum Gasteiger partial charge on any atom is -0.341 e. The third kappa shape index (κ3) is 5.27. The maximum absolute atomic E-state index is 14.1. The topological polar surface area (TPSA) is 43.9 Å². The third-order valence-corrected chi connectivity index (χ3v) is 9.51. The summed E-state index contributed by atoms with van der Waals surface area (Å²) in [7, 11) is 3.72. The Labute approximate surface area is 241 Å². The van der Waals surface area contributed by atoms with Gasteiger partial charge in [0.15, 0.2) is 0 Å². The lowest BCUT2D eigenvalue weighted by atomic mass is 9.79. The molecular weight excluding hydrogens is 525 g/mol. The van der Waals surface area contributed by atoms with Crippen LogP contribution >= 0.6 is 11.6 Å². The van der Waals surface area contributed by atoms with Gasteiger partial charge in [-0.05, 0) is 60.1 Å². The summed E-state index contributed by atoms with van der Waals surface area (Å²) in [6.07, 6.45) is 2.37. The van der Waals surface area contributed by atoms with Gasteiger partial charge in [-0.2, -0.15) is 0 Å². The smallest absolute Gasteiger partial charge is 0.233 e. The predicted molar refractivity (Wildman–Crippen MR) is 156 cm³/mol. The van der Waals surface area contributed by atoms with Crippen molar-refractivity contribution in [1.29, 1.82) is 0 Å². The van der Waals surface area contributed by atoms with Crippen molar-refractivity contribution in [2.75, 3.05) is 33.7 Å². The molecule has 1 aliphatic heterocycles. The van der Waals surface area contributed by atoms with Gasteiger partial charge in [-0.3, -0.25) is 9.59 Å². The zero-order valence-electron chi connectivity index (χ0n) is 23.4. The van der Waals surface area contributed by atoms with E-state index in [1.165, 1.54) is 12.1 Å². The van der Waals surface area contributed by atoms with Crippen molar-refractivity contribution < 1.29 is 14.0 Å². The minimum atomic E-state index is -0.687. The van der Waals surface area contributed by atoms with Crippen molar-refractivity contribution in [2.24, 2.45) is 5.92 Å². The lowest BCUT2D eigenvalue weighted by Gasteiger charge is -2.48. The number of amides is 2. The van der Waals surface area contributed by atoms with E-state index in [-0.39, 0.29) is 29.1 Å². The molecule has 2 amide bonds. The Morgan fingerprint density at radius 2 is 1.55 bits per heavy atom. The molecule has 0 aromatic heterocycles. The molecule has 7 heteroatoms. The Balaban J connectivity index is 1.34. The van der Waals surface area contributed by atoms with E-state index in [1.807, 2.05) is 61.5 Å². The molecule has 210 valence electrons. The van der Waals surface area contributed by atoms with Gasteiger partial charge in [-0.25, -0.2) is 4.39 Å². The Kier molecular flexibility index (Phi) is 8.03. The summed E-state index contributed by atoms with van der Waals surface area (Å²) in [4.78, 5) is 32.6. The monoisotopic (exact) mass is 561 g/mol. The molecule has 0 unspecified atom stereocenters. The highest BCUT2D eigenvalue weighted by atomic mass is 35.5. The number of hydrogen-bond acceptors (Lipinski definition) is 3. The van der Waals surface area contributed by atoms with Crippen LogP contribution < -0.4 is 0 Å². The second kappa shape index (κ2) is 11.3. The van der Waals surface area contributed by atoms with Crippen LogP contribution in [0.4, 0.5) is 4.39 Å². The molecule has 0 N–H and O–H groups in total. The summed E-state index contributed by atoms with van der Waals surface area (Å²) in [5.74, 6) is -0.0947. The van der Waals surface area contributed by atoms with Crippen LogP contribution in [0.15, 0.2) is 78.9 Å². The number of carbonyl (C=O) groups excluding carboxylic acids is 2. The normalized spacial score (nSPS) is 22.0. The fourth-order valence-electron chi connectivity index (χ4n) is 6.62. The molecule has 2 aliphatic rings. The molecule has 1 saturated carbocycles. The molecule has 2 atom stereocenters. The fourth-order valence-corrected chi connectivity index (χ4v) is 6.81. The Hall–Kier alpha value is -3.22. The molecule has 0 radical (unpaired) electrons. The summed E-state index contributed by atoms with van der Waals surface area (Å²) < 4.78 is 13.8. The lowest BCUT2D eigenvalue weighted by Crippen LogP contribution is -2.53. The van der Waals surface area contributed by atoms with Crippen LogP contribution in [0.3, 0.4) is 0 Å². The number of likely N-dealkylation sites (N-methyl/N-ethyl adjacent to an activating group) is 1. The summed E-state index contributed by atoms with van der Waals surface area (Å²) in [5.41, 5.74) is 1.90. The van der Waals surface area contributed by atoms with E-state index in [1.54, 1.807) is 24.0 Å². The van der Waals surface area contributed by atoms with Gasteiger partial charge >= 0.3 is 0 Å². The standard InChI is InChI=1S/C33H37ClFN3O2/c1-24(39)37(3)32(26-10-5-4-6-11-26)17-19-38(20-18-32)23-28-21-33(28,27-13-15-29(35)16-14-27)31(40)36(2)22-25-9-7-8-12-30(25)34/h4-16,28H,17-23H2,1-3H3/t28-,33+/m0/s1. The first-order valence-corrected chi connectivity index (χ1v) is 14.3. The molecule has 0 bridgehead atoms. The van der Waals surface area contributed by atoms with Crippen molar-refractivity contribution in [1.82, 2.24) is 14.7 Å². The highest BCUT2D eigenvalue weighted by Crippen LogP contribution is 2.56. The van der Waals surface area contributed by atoms with Crippen LogP contribution in [0.1, 0.15) is 42.9 Å². The second-order valence-electron chi connectivity index (χ2n) is 11.4. The number of piperidine rings is 1. The molecule has 5 rings (SSSR count). The zero-order valence-corrected chi connectivity index (χ0v) is 24.2. The number of carbonyl (C=O) groups is 2. The van der Waals surface area contributed by atoms with Crippen molar-refractivity contribution in [2.45, 2.75) is 43.7 Å². The van der Waals surface area contributed by atoms with Crippen molar-refractivity contribution in [3.8, 4) is 0 Å². The van der Waals surface area contributed by atoms with Gasteiger partial charge in [-0.15, -0.1) is 0 Å². The van der Waals surface area contributed by atoms with Gasteiger partial charge in [0.05, 0.1) is 11.0 Å².